The number of nitrogens with zero attached hydrogens (tertiary/aromatic N) is 4. The van der Waals surface area contributed by atoms with Gasteiger partial charge in [0.1, 0.15) is 17.3 Å². The van der Waals surface area contributed by atoms with Gasteiger partial charge in [-0.05, 0) is 41.5 Å². The van der Waals surface area contributed by atoms with Crippen LogP contribution in [0.5, 0.6) is 0 Å². The van der Waals surface area contributed by atoms with Gasteiger partial charge in [-0.3, -0.25) is 14.5 Å². The van der Waals surface area contributed by atoms with E-state index >= 15 is 0 Å². The lowest BCUT2D eigenvalue weighted by molar-refractivity contribution is 0.0589. The molecule has 31 heavy (non-hydrogen) atoms. The van der Waals surface area contributed by atoms with Crippen LogP contribution in [0.1, 0.15) is 27.7 Å². The van der Waals surface area contributed by atoms with Gasteiger partial charge in [0.15, 0.2) is 0 Å². The van der Waals surface area contributed by atoms with Crippen LogP contribution in [-0.2, 0) is 7.05 Å². The Morgan fingerprint density at radius 1 is 0.839 bits per heavy atom. The normalized spacial score (nSPS) is 14.8. The number of amides is 1. The highest BCUT2D eigenvalue weighted by Gasteiger charge is 2.29. The minimum absolute atomic E-state index is 0.186. The molecule has 0 bridgehead atoms. The molecule has 1 aliphatic heterocycles. The van der Waals surface area contributed by atoms with Gasteiger partial charge in [0.25, 0.3) is 11.5 Å². The molecule has 2 heterocycles. The molecule has 6 nitrogen and oxygen atoms in total. The van der Waals surface area contributed by atoms with Crippen molar-refractivity contribution in [1.29, 1.82) is 0 Å². The Hall–Kier alpha value is -3.39. The first kappa shape index (κ1) is 20.9. The van der Waals surface area contributed by atoms with E-state index in [-0.39, 0.29) is 34.8 Å². The van der Waals surface area contributed by atoms with E-state index in [4.69, 9.17) is 0 Å². The lowest BCUT2D eigenvalue weighted by Gasteiger charge is -2.39. The van der Waals surface area contributed by atoms with Crippen LogP contribution >= 0.6 is 0 Å². The highest BCUT2D eigenvalue weighted by molar-refractivity contribution is 5.92. The Balaban J connectivity index is 1.54. The summed E-state index contributed by atoms with van der Waals surface area (Å²) in [6.07, 6.45) is 0. The Morgan fingerprint density at radius 2 is 1.35 bits per heavy atom. The molecule has 160 valence electrons. The summed E-state index contributed by atoms with van der Waals surface area (Å²) in [5, 5.41) is 4.04. The van der Waals surface area contributed by atoms with Crippen molar-refractivity contribution in [1.82, 2.24) is 19.6 Å². The molecule has 0 saturated carbocycles. The molecule has 1 aliphatic rings. The van der Waals surface area contributed by atoms with E-state index in [1.165, 1.54) is 43.4 Å². The number of halogens is 2. The van der Waals surface area contributed by atoms with Gasteiger partial charge in [-0.2, -0.15) is 5.10 Å². The molecular formula is C23H22F2N4O2. The van der Waals surface area contributed by atoms with Crippen LogP contribution in [0.3, 0.4) is 0 Å². The molecule has 0 unspecified atom stereocenters. The fraction of sp³-hybridized carbons (Fsp3) is 0.261. The minimum Gasteiger partial charge on any atom is -0.335 e. The molecule has 2 aromatic carbocycles. The van der Waals surface area contributed by atoms with Gasteiger partial charge in [-0.25, -0.2) is 13.5 Å². The second kappa shape index (κ2) is 8.77. The zero-order valence-corrected chi connectivity index (χ0v) is 17.0. The Bertz CT molecular complexity index is 1080. The van der Waals surface area contributed by atoms with Crippen molar-refractivity contribution in [3.05, 3.63) is 99.5 Å². The summed E-state index contributed by atoms with van der Waals surface area (Å²) >= 11 is 0. The van der Waals surface area contributed by atoms with Gasteiger partial charge >= 0.3 is 0 Å². The Kier molecular flexibility index (Phi) is 5.90. The van der Waals surface area contributed by atoms with Crippen molar-refractivity contribution in [2.45, 2.75) is 6.04 Å². The average Bonchev–Trinajstić information content (AvgIpc) is 2.78. The summed E-state index contributed by atoms with van der Waals surface area (Å²) < 4.78 is 28.1. The van der Waals surface area contributed by atoms with E-state index in [1.807, 2.05) is 0 Å². The minimum atomic E-state index is -0.318. The summed E-state index contributed by atoms with van der Waals surface area (Å²) in [7, 11) is 1.51. The van der Waals surface area contributed by atoms with Crippen molar-refractivity contribution in [3.8, 4) is 0 Å². The van der Waals surface area contributed by atoms with Gasteiger partial charge in [0.2, 0.25) is 0 Å². The Labute approximate surface area is 178 Å². The van der Waals surface area contributed by atoms with Crippen molar-refractivity contribution >= 4 is 5.91 Å². The summed E-state index contributed by atoms with van der Waals surface area (Å²) in [6, 6.07) is 15.2. The number of carbonyl (C=O) groups is 1. The van der Waals surface area contributed by atoms with Crippen molar-refractivity contribution in [2.75, 3.05) is 26.2 Å². The van der Waals surface area contributed by atoms with E-state index in [1.54, 1.807) is 29.2 Å². The number of benzene rings is 2. The summed E-state index contributed by atoms with van der Waals surface area (Å²) in [4.78, 5) is 28.2. The molecule has 0 N–H and O–H groups in total. The molecule has 0 spiro atoms. The second-order valence-corrected chi connectivity index (χ2v) is 7.51. The Morgan fingerprint density at radius 3 is 1.84 bits per heavy atom. The molecule has 1 fully saturated rings. The van der Waals surface area contributed by atoms with Crippen molar-refractivity contribution in [3.63, 3.8) is 0 Å². The standard InChI is InChI=1S/C23H22F2N4O2/c1-27-21(30)11-10-20(26-27)23(31)29-14-12-28(13-15-29)22(16-2-6-18(24)7-3-16)17-4-8-19(25)9-5-17/h2-11,22H,12-15H2,1H3. The van der Waals surface area contributed by atoms with Crippen LogP contribution in [0.4, 0.5) is 8.78 Å². The molecule has 0 radical (unpaired) electrons. The van der Waals surface area contributed by atoms with Crippen LogP contribution in [0.15, 0.2) is 65.5 Å². The molecule has 1 amide bonds. The summed E-state index contributed by atoms with van der Waals surface area (Å²) in [6.45, 7) is 2.11. The van der Waals surface area contributed by atoms with Crippen LogP contribution in [0, 0.1) is 11.6 Å². The van der Waals surface area contributed by atoms with E-state index in [9.17, 15) is 18.4 Å². The number of rotatable bonds is 4. The first-order valence-corrected chi connectivity index (χ1v) is 10.0. The first-order chi connectivity index (χ1) is 14.9. The fourth-order valence-corrected chi connectivity index (χ4v) is 3.87. The van der Waals surface area contributed by atoms with Gasteiger partial charge in [-0.1, -0.05) is 24.3 Å². The maximum atomic E-state index is 13.5. The van der Waals surface area contributed by atoms with Gasteiger partial charge in [0, 0.05) is 39.3 Å². The van der Waals surface area contributed by atoms with E-state index < -0.39 is 0 Å². The number of hydrogen-bond acceptors (Lipinski definition) is 4. The molecule has 3 aromatic rings. The number of hydrogen-bond donors (Lipinski definition) is 0. The van der Waals surface area contributed by atoms with E-state index in [0.717, 1.165) is 15.8 Å². The molecule has 0 atom stereocenters. The van der Waals surface area contributed by atoms with Crippen LogP contribution in [0.2, 0.25) is 0 Å². The average molecular weight is 424 g/mol. The highest BCUT2D eigenvalue weighted by Crippen LogP contribution is 2.30. The molecule has 1 saturated heterocycles. The summed E-state index contributed by atoms with van der Waals surface area (Å²) in [5.41, 5.74) is 1.74. The smallest absolute Gasteiger partial charge is 0.274 e. The van der Waals surface area contributed by atoms with Gasteiger partial charge in [-0.15, -0.1) is 0 Å². The predicted octanol–water partition coefficient (Wildman–Crippen LogP) is 2.61. The number of piperazine rings is 1. The number of aryl methyl sites for hydroxylation is 1. The van der Waals surface area contributed by atoms with Crippen LogP contribution < -0.4 is 5.56 Å². The first-order valence-electron chi connectivity index (χ1n) is 10.0. The maximum Gasteiger partial charge on any atom is 0.274 e. The van der Waals surface area contributed by atoms with E-state index in [2.05, 4.69) is 10.00 Å². The largest absolute Gasteiger partial charge is 0.335 e. The lowest BCUT2D eigenvalue weighted by atomic mass is 9.96. The van der Waals surface area contributed by atoms with E-state index in [0.29, 0.717) is 26.2 Å². The highest BCUT2D eigenvalue weighted by atomic mass is 19.1. The molecule has 0 aliphatic carbocycles. The quantitative estimate of drug-likeness (QED) is 0.646. The zero-order valence-electron chi connectivity index (χ0n) is 17.0. The number of aromatic nitrogens is 2. The molecular weight excluding hydrogens is 402 g/mol. The second-order valence-electron chi connectivity index (χ2n) is 7.51. The van der Waals surface area contributed by atoms with Gasteiger partial charge < -0.3 is 4.90 Å². The lowest BCUT2D eigenvalue weighted by Crippen LogP contribution is -2.50. The molecule has 8 heteroatoms. The van der Waals surface area contributed by atoms with Crippen LogP contribution in [0.25, 0.3) is 0 Å². The van der Waals surface area contributed by atoms with Crippen molar-refractivity contribution in [2.24, 2.45) is 7.05 Å². The van der Waals surface area contributed by atoms with Gasteiger partial charge in [0.05, 0.1) is 6.04 Å². The topological polar surface area (TPSA) is 58.4 Å². The molecule has 1 aromatic heterocycles. The van der Waals surface area contributed by atoms with Crippen LogP contribution in [-0.4, -0.2) is 51.7 Å². The molecule has 4 rings (SSSR count). The zero-order chi connectivity index (χ0) is 22.0. The monoisotopic (exact) mass is 424 g/mol. The maximum absolute atomic E-state index is 13.5. The third kappa shape index (κ3) is 4.54. The predicted molar refractivity (Wildman–Crippen MR) is 112 cm³/mol. The number of carbonyl (C=O) groups excluding carboxylic acids is 1. The third-order valence-electron chi connectivity index (χ3n) is 5.52. The fourth-order valence-electron chi connectivity index (χ4n) is 3.87. The van der Waals surface area contributed by atoms with Crippen molar-refractivity contribution < 1.29 is 13.6 Å². The SMILES string of the molecule is Cn1nc(C(=O)N2CCN(C(c3ccc(F)cc3)c3ccc(F)cc3)CC2)ccc1=O. The summed E-state index contributed by atoms with van der Waals surface area (Å²) in [5.74, 6) is -0.862. The third-order valence-corrected chi connectivity index (χ3v) is 5.52.